The van der Waals surface area contributed by atoms with Gasteiger partial charge in [-0.25, -0.2) is 0 Å². The first-order valence-electron chi connectivity index (χ1n) is 5.44. The molecule has 0 saturated carbocycles. The van der Waals surface area contributed by atoms with E-state index in [2.05, 4.69) is 4.74 Å². The van der Waals surface area contributed by atoms with Crippen LogP contribution in [0.2, 0.25) is 0 Å². The maximum atomic E-state index is 12.1. The van der Waals surface area contributed by atoms with Gasteiger partial charge in [0.2, 0.25) is 0 Å². The van der Waals surface area contributed by atoms with Crippen molar-refractivity contribution < 1.29 is 19.2 Å². The van der Waals surface area contributed by atoms with Gasteiger partial charge in [0.15, 0.2) is 0 Å². The Morgan fingerprint density at radius 3 is 2.58 bits per heavy atom. The molecule has 0 heterocycles. The zero-order valence-electron chi connectivity index (χ0n) is 10.9. The number of esters is 1. The molecule has 1 aromatic rings. The third-order valence-corrected chi connectivity index (χ3v) is 2.67. The van der Waals surface area contributed by atoms with Crippen LogP contribution in [0.3, 0.4) is 0 Å². The number of methoxy groups -OCH3 is 1. The minimum atomic E-state index is -0.557. The second-order valence-electron chi connectivity index (χ2n) is 3.94. The molecule has 0 bridgehead atoms. The van der Waals surface area contributed by atoms with Crippen molar-refractivity contribution in [2.45, 2.75) is 6.92 Å². The third kappa shape index (κ3) is 3.27. The molecule has 1 amide bonds. The van der Waals surface area contributed by atoms with E-state index in [9.17, 15) is 19.7 Å². The topological polar surface area (TPSA) is 89.8 Å². The van der Waals surface area contributed by atoms with Crippen LogP contribution in [0.1, 0.15) is 15.9 Å². The van der Waals surface area contributed by atoms with Gasteiger partial charge in [0.1, 0.15) is 6.54 Å². The van der Waals surface area contributed by atoms with Gasteiger partial charge >= 0.3 is 5.97 Å². The fourth-order valence-corrected chi connectivity index (χ4v) is 1.59. The summed E-state index contributed by atoms with van der Waals surface area (Å²) in [5, 5.41) is 10.8. The van der Waals surface area contributed by atoms with Crippen molar-refractivity contribution in [2.75, 3.05) is 20.7 Å². The molecule has 19 heavy (non-hydrogen) atoms. The second-order valence-corrected chi connectivity index (χ2v) is 3.94. The van der Waals surface area contributed by atoms with Gasteiger partial charge in [-0.15, -0.1) is 0 Å². The van der Waals surface area contributed by atoms with Crippen LogP contribution in [0.15, 0.2) is 18.2 Å². The van der Waals surface area contributed by atoms with Crippen molar-refractivity contribution in [3.63, 3.8) is 0 Å². The third-order valence-electron chi connectivity index (χ3n) is 2.67. The molecule has 1 rings (SSSR count). The van der Waals surface area contributed by atoms with E-state index in [-0.39, 0.29) is 23.4 Å². The van der Waals surface area contributed by atoms with E-state index in [1.165, 1.54) is 39.3 Å². The van der Waals surface area contributed by atoms with Gasteiger partial charge in [-0.3, -0.25) is 19.7 Å². The van der Waals surface area contributed by atoms with E-state index >= 15 is 0 Å². The van der Waals surface area contributed by atoms with Crippen molar-refractivity contribution in [1.82, 2.24) is 4.90 Å². The molecule has 0 saturated heterocycles. The monoisotopic (exact) mass is 266 g/mol. The van der Waals surface area contributed by atoms with Crippen LogP contribution >= 0.6 is 0 Å². The summed E-state index contributed by atoms with van der Waals surface area (Å²) in [5.74, 6) is -1.02. The molecule has 0 N–H and O–H groups in total. The summed E-state index contributed by atoms with van der Waals surface area (Å²) in [5.41, 5.74) is 0.340. The highest BCUT2D eigenvalue weighted by atomic mass is 16.6. The molecular formula is C12H14N2O5. The number of nitro groups is 1. The molecule has 0 aliphatic rings. The summed E-state index contributed by atoms with van der Waals surface area (Å²) in [6.45, 7) is 1.29. The Morgan fingerprint density at radius 2 is 2.05 bits per heavy atom. The number of benzene rings is 1. The number of hydrogen-bond donors (Lipinski definition) is 0. The Bertz CT molecular complexity index is 527. The van der Waals surface area contributed by atoms with E-state index in [1.54, 1.807) is 0 Å². The fraction of sp³-hybridized carbons (Fsp3) is 0.333. The average Bonchev–Trinajstić information content (AvgIpc) is 2.37. The molecule has 0 aliphatic heterocycles. The van der Waals surface area contributed by atoms with Crippen LogP contribution in [0.4, 0.5) is 5.69 Å². The lowest BCUT2D eigenvalue weighted by Crippen LogP contribution is -2.33. The normalized spacial score (nSPS) is 9.84. The zero-order chi connectivity index (χ0) is 14.6. The van der Waals surface area contributed by atoms with Crippen LogP contribution < -0.4 is 0 Å². The number of likely N-dealkylation sites (N-methyl/N-ethyl adjacent to an activating group) is 1. The largest absolute Gasteiger partial charge is 0.468 e. The number of ether oxygens (including phenoxy) is 1. The Balaban J connectivity index is 3.03. The Morgan fingerprint density at radius 1 is 1.42 bits per heavy atom. The number of carbonyl (C=O) groups excluding carboxylic acids is 2. The number of nitrogens with zero attached hydrogens (tertiary/aromatic N) is 2. The Labute approximate surface area is 109 Å². The van der Waals surface area contributed by atoms with Gasteiger partial charge in [0.25, 0.3) is 11.6 Å². The highest BCUT2D eigenvalue weighted by molar-refractivity contribution is 5.97. The van der Waals surface area contributed by atoms with Crippen LogP contribution in [0.5, 0.6) is 0 Å². The highest BCUT2D eigenvalue weighted by Gasteiger charge is 2.21. The lowest BCUT2D eigenvalue weighted by atomic mass is 10.1. The molecule has 102 valence electrons. The van der Waals surface area contributed by atoms with E-state index in [0.717, 1.165) is 4.90 Å². The lowest BCUT2D eigenvalue weighted by molar-refractivity contribution is -0.385. The molecule has 7 nitrogen and oxygen atoms in total. The van der Waals surface area contributed by atoms with Crippen LogP contribution in [-0.4, -0.2) is 42.4 Å². The second kappa shape index (κ2) is 5.94. The van der Waals surface area contributed by atoms with Crippen molar-refractivity contribution in [3.05, 3.63) is 39.4 Å². The first kappa shape index (κ1) is 14.6. The minimum absolute atomic E-state index is 0.127. The lowest BCUT2D eigenvalue weighted by Gasteiger charge is -2.16. The zero-order valence-corrected chi connectivity index (χ0v) is 10.9. The standard InChI is InChI=1S/C12H14N2O5/c1-8-9(5-4-6-10(8)14(17)18)12(16)13(2)7-11(15)19-3/h4-6H,7H2,1-3H3. The van der Waals surface area contributed by atoms with E-state index < -0.39 is 16.8 Å². The molecule has 0 aromatic heterocycles. The van der Waals surface area contributed by atoms with Crippen LogP contribution in [0, 0.1) is 17.0 Å². The molecular weight excluding hydrogens is 252 g/mol. The maximum Gasteiger partial charge on any atom is 0.325 e. The van der Waals surface area contributed by atoms with E-state index in [4.69, 9.17) is 0 Å². The predicted molar refractivity (Wildman–Crippen MR) is 66.8 cm³/mol. The predicted octanol–water partition coefficient (Wildman–Crippen LogP) is 1.15. The first-order chi connectivity index (χ1) is 8.88. The van der Waals surface area contributed by atoms with Gasteiger partial charge in [-0.05, 0) is 13.0 Å². The number of hydrogen-bond acceptors (Lipinski definition) is 5. The summed E-state index contributed by atoms with van der Waals surface area (Å²) in [6, 6.07) is 4.25. The van der Waals surface area contributed by atoms with Crippen molar-refractivity contribution >= 4 is 17.6 Å². The molecule has 7 heteroatoms. The number of nitro benzene ring substituents is 1. The summed E-state index contributed by atoms with van der Waals surface area (Å²) in [6.07, 6.45) is 0. The highest BCUT2D eigenvalue weighted by Crippen LogP contribution is 2.21. The minimum Gasteiger partial charge on any atom is -0.468 e. The SMILES string of the molecule is COC(=O)CN(C)C(=O)c1cccc([N+](=O)[O-])c1C. The van der Waals surface area contributed by atoms with Crippen LogP contribution in [-0.2, 0) is 9.53 Å². The van der Waals surface area contributed by atoms with Gasteiger partial charge in [-0.1, -0.05) is 6.07 Å². The van der Waals surface area contributed by atoms with Gasteiger partial charge < -0.3 is 9.64 Å². The Kier molecular flexibility index (Phi) is 4.57. The van der Waals surface area contributed by atoms with Gasteiger partial charge in [-0.2, -0.15) is 0 Å². The van der Waals surface area contributed by atoms with Crippen molar-refractivity contribution in [1.29, 1.82) is 0 Å². The quantitative estimate of drug-likeness (QED) is 0.463. The summed E-state index contributed by atoms with van der Waals surface area (Å²) >= 11 is 0. The fourth-order valence-electron chi connectivity index (χ4n) is 1.59. The van der Waals surface area contributed by atoms with Gasteiger partial charge in [0, 0.05) is 24.2 Å². The Hall–Kier alpha value is -2.44. The molecule has 0 unspecified atom stereocenters. The van der Waals surface area contributed by atoms with Crippen molar-refractivity contribution in [3.8, 4) is 0 Å². The van der Waals surface area contributed by atoms with Crippen LogP contribution in [0.25, 0.3) is 0 Å². The maximum absolute atomic E-state index is 12.1. The summed E-state index contributed by atoms with van der Waals surface area (Å²) < 4.78 is 4.46. The summed E-state index contributed by atoms with van der Waals surface area (Å²) in [7, 11) is 2.65. The van der Waals surface area contributed by atoms with E-state index in [0.29, 0.717) is 0 Å². The molecule has 0 atom stereocenters. The van der Waals surface area contributed by atoms with Gasteiger partial charge in [0.05, 0.1) is 12.0 Å². The van der Waals surface area contributed by atoms with E-state index in [1.807, 2.05) is 0 Å². The smallest absolute Gasteiger partial charge is 0.325 e. The van der Waals surface area contributed by atoms with Crippen molar-refractivity contribution in [2.24, 2.45) is 0 Å². The molecule has 0 spiro atoms. The average molecular weight is 266 g/mol. The molecule has 0 radical (unpaired) electrons. The molecule has 1 aromatic carbocycles. The number of carbonyl (C=O) groups is 2. The number of rotatable bonds is 4. The molecule has 0 fully saturated rings. The first-order valence-corrected chi connectivity index (χ1v) is 5.44. The molecule has 0 aliphatic carbocycles. The summed E-state index contributed by atoms with van der Waals surface area (Å²) in [4.78, 5) is 34.6. The number of amides is 1.